The van der Waals surface area contributed by atoms with Gasteiger partial charge in [0.15, 0.2) is 0 Å². The number of aromatic nitrogens is 2. The van der Waals surface area contributed by atoms with E-state index in [1.54, 1.807) is 6.92 Å². The van der Waals surface area contributed by atoms with Gasteiger partial charge in [-0.2, -0.15) is 0 Å². The van der Waals surface area contributed by atoms with Crippen molar-refractivity contribution >= 4 is 23.0 Å². The monoisotopic (exact) mass is 548 g/mol. The number of aromatic amines is 1. The summed E-state index contributed by atoms with van der Waals surface area (Å²) in [6.45, 7) is 10.5. The first-order valence-electron chi connectivity index (χ1n) is 15.9. The maximum atomic E-state index is 12.5. The SMILES string of the molecule is CC(=O)O[C@@H]1CC[C@@]2(C)[C@H](CC[C@@H]3[C@H]2C[C@H](OC(C)=O)[C@@]2(C)[C@H]3CC[C@H]2[C@H](C)CCc2nc3ccccc3[nH]2)C1. The molecule has 0 aliphatic heterocycles. The van der Waals surface area contributed by atoms with E-state index in [4.69, 9.17) is 14.5 Å². The molecule has 1 heterocycles. The van der Waals surface area contributed by atoms with Crippen LogP contribution in [0.1, 0.15) is 98.2 Å². The summed E-state index contributed by atoms with van der Waals surface area (Å²) in [5.41, 5.74) is 2.39. The second-order valence-corrected chi connectivity index (χ2v) is 14.3. The quantitative estimate of drug-likeness (QED) is 0.384. The third kappa shape index (κ3) is 4.67. The summed E-state index contributed by atoms with van der Waals surface area (Å²) < 4.78 is 12.0. The van der Waals surface area contributed by atoms with Gasteiger partial charge in [0.05, 0.1) is 11.0 Å². The number of hydrogen-bond donors (Lipinski definition) is 1. The Bertz CT molecular complexity index is 1220. The predicted octanol–water partition coefficient (Wildman–Crippen LogP) is 7.26. The molecule has 10 atom stereocenters. The fourth-order valence-electron chi connectivity index (χ4n) is 10.5. The number of hydrogen-bond acceptors (Lipinski definition) is 5. The van der Waals surface area contributed by atoms with Gasteiger partial charge in [0.2, 0.25) is 0 Å². The number of nitrogens with one attached hydrogen (secondary N) is 1. The number of esters is 2. The zero-order valence-electron chi connectivity index (χ0n) is 25.1. The van der Waals surface area contributed by atoms with E-state index in [9.17, 15) is 9.59 Å². The zero-order chi connectivity index (χ0) is 28.2. The van der Waals surface area contributed by atoms with Crippen LogP contribution in [0.3, 0.4) is 0 Å². The maximum Gasteiger partial charge on any atom is 0.302 e. The van der Waals surface area contributed by atoms with Crippen molar-refractivity contribution in [2.75, 3.05) is 0 Å². The number of para-hydroxylation sites is 2. The lowest BCUT2D eigenvalue weighted by Crippen LogP contribution is -2.59. The molecule has 40 heavy (non-hydrogen) atoms. The second-order valence-electron chi connectivity index (χ2n) is 14.3. The van der Waals surface area contributed by atoms with Crippen LogP contribution < -0.4 is 0 Å². The third-order valence-electron chi connectivity index (χ3n) is 12.4. The minimum atomic E-state index is -0.155. The van der Waals surface area contributed by atoms with Gasteiger partial charge in [-0.25, -0.2) is 4.98 Å². The lowest BCUT2D eigenvalue weighted by molar-refractivity contribution is -0.197. The molecule has 6 rings (SSSR count). The summed E-state index contributed by atoms with van der Waals surface area (Å²) in [5, 5.41) is 0. The fourth-order valence-corrected chi connectivity index (χ4v) is 10.5. The molecule has 218 valence electrons. The van der Waals surface area contributed by atoms with Gasteiger partial charge in [0.25, 0.3) is 0 Å². The number of carbonyl (C=O) groups is 2. The molecule has 4 aliphatic rings. The average Bonchev–Trinajstić information content (AvgIpc) is 3.49. The summed E-state index contributed by atoms with van der Waals surface area (Å²) in [5.74, 6) is 4.28. The number of rotatable bonds is 6. The molecule has 0 unspecified atom stereocenters. The zero-order valence-corrected chi connectivity index (χ0v) is 25.1. The number of ether oxygens (including phenoxy) is 2. The minimum Gasteiger partial charge on any atom is -0.463 e. The van der Waals surface area contributed by atoms with Crippen molar-refractivity contribution in [3.05, 3.63) is 30.1 Å². The van der Waals surface area contributed by atoms with Crippen LogP contribution in [0.4, 0.5) is 0 Å². The highest BCUT2D eigenvalue weighted by Crippen LogP contribution is 2.69. The van der Waals surface area contributed by atoms with Gasteiger partial charge < -0.3 is 14.5 Å². The van der Waals surface area contributed by atoms with Crippen LogP contribution in [0.5, 0.6) is 0 Å². The number of H-pyrrole nitrogens is 1. The molecule has 6 heteroatoms. The van der Waals surface area contributed by atoms with Crippen LogP contribution in [0, 0.1) is 46.3 Å². The molecule has 1 aromatic heterocycles. The largest absolute Gasteiger partial charge is 0.463 e. The lowest BCUT2D eigenvalue weighted by atomic mass is 9.43. The van der Waals surface area contributed by atoms with E-state index >= 15 is 0 Å². The Labute approximate surface area is 239 Å². The molecule has 0 radical (unpaired) electrons. The summed E-state index contributed by atoms with van der Waals surface area (Å²) in [6.07, 6.45) is 11.0. The Morgan fingerprint density at radius 1 is 1.00 bits per heavy atom. The first-order valence-corrected chi connectivity index (χ1v) is 15.9. The molecule has 0 bridgehead atoms. The van der Waals surface area contributed by atoms with E-state index < -0.39 is 0 Å². The molecular formula is C34H48N2O4. The van der Waals surface area contributed by atoms with Gasteiger partial charge in [-0.05, 0) is 111 Å². The summed E-state index contributed by atoms with van der Waals surface area (Å²) in [4.78, 5) is 32.5. The molecule has 0 saturated heterocycles. The molecule has 0 amide bonds. The Morgan fingerprint density at radius 3 is 2.52 bits per heavy atom. The molecule has 1 N–H and O–H groups in total. The van der Waals surface area contributed by atoms with Gasteiger partial charge >= 0.3 is 11.9 Å². The van der Waals surface area contributed by atoms with Crippen LogP contribution in [-0.2, 0) is 25.5 Å². The summed E-state index contributed by atoms with van der Waals surface area (Å²) >= 11 is 0. The number of benzene rings is 1. The number of imidazole rings is 1. The average molecular weight is 549 g/mol. The van der Waals surface area contributed by atoms with Crippen molar-refractivity contribution in [1.82, 2.24) is 9.97 Å². The predicted molar refractivity (Wildman–Crippen MR) is 155 cm³/mol. The van der Waals surface area contributed by atoms with E-state index in [0.717, 1.165) is 55.4 Å². The molecule has 2 aromatic rings. The van der Waals surface area contributed by atoms with E-state index in [0.29, 0.717) is 35.5 Å². The Kier molecular flexibility index (Phi) is 7.28. The highest BCUT2D eigenvalue weighted by Gasteiger charge is 2.65. The third-order valence-corrected chi connectivity index (χ3v) is 12.4. The smallest absolute Gasteiger partial charge is 0.302 e. The highest BCUT2D eigenvalue weighted by molar-refractivity contribution is 5.74. The number of fused-ring (bicyclic) bond motifs is 6. The normalized spacial score (nSPS) is 39.6. The van der Waals surface area contributed by atoms with Crippen molar-refractivity contribution in [1.29, 1.82) is 0 Å². The van der Waals surface area contributed by atoms with Crippen molar-refractivity contribution < 1.29 is 19.1 Å². The van der Waals surface area contributed by atoms with Crippen molar-refractivity contribution in [3.8, 4) is 0 Å². The topological polar surface area (TPSA) is 81.3 Å². The first-order chi connectivity index (χ1) is 19.1. The van der Waals surface area contributed by atoms with Gasteiger partial charge in [-0.3, -0.25) is 9.59 Å². The standard InChI is InChI=1S/C34H48N2O4/c1-20(10-15-32-35-29-8-6-7-9-30(29)36-32)26-13-14-27-25-12-11-23-18-24(39-21(2)37)16-17-33(23,4)28(25)19-31(34(26,27)5)40-22(3)38/h6-9,20,23-28,31H,10-19H2,1-5H3,(H,35,36)/t20-,23-,24-,25+,26+,27+,28-,31+,33+,34-/m1/s1. The van der Waals surface area contributed by atoms with Gasteiger partial charge in [-0.15, -0.1) is 0 Å². The molecule has 4 aliphatic carbocycles. The van der Waals surface area contributed by atoms with Gasteiger partial charge in [0, 0.05) is 25.7 Å². The van der Waals surface area contributed by atoms with Crippen LogP contribution >= 0.6 is 0 Å². The number of carbonyl (C=O) groups excluding carboxylic acids is 2. The van der Waals surface area contributed by atoms with Gasteiger partial charge in [-0.1, -0.05) is 32.9 Å². The number of aryl methyl sites for hydroxylation is 1. The Hall–Kier alpha value is -2.37. The van der Waals surface area contributed by atoms with Crippen LogP contribution in [0.15, 0.2) is 24.3 Å². The van der Waals surface area contributed by atoms with Gasteiger partial charge in [0.1, 0.15) is 18.0 Å². The molecule has 1 aromatic carbocycles. The van der Waals surface area contributed by atoms with E-state index in [1.807, 2.05) is 6.07 Å². The highest BCUT2D eigenvalue weighted by atomic mass is 16.5. The van der Waals surface area contributed by atoms with E-state index in [2.05, 4.69) is 44.0 Å². The molecule has 0 spiro atoms. The minimum absolute atomic E-state index is 0.0122. The first kappa shape index (κ1) is 27.8. The number of nitrogens with zero attached hydrogens (tertiary/aromatic N) is 1. The molecular weight excluding hydrogens is 500 g/mol. The maximum absolute atomic E-state index is 12.5. The van der Waals surface area contributed by atoms with Crippen LogP contribution in [0.2, 0.25) is 0 Å². The molecule has 4 saturated carbocycles. The molecule has 6 nitrogen and oxygen atoms in total. The summed E-state index contributed by atoms with van der Waals surface area (Å²) in [7, 11) is 0. The Balaban J connectivity index is 1.22. The Morgan fingerprint density at radius 2 is 1.77 bits per heavy atom. The molecule has 4 fully saturated rings. The van der Waals surface area contributed by atoms with Crippen molar-refractivity contribution in [3.63, 3.8) is 0 Å². The second kappa shape index (κ2) is 10.5. The fraction of sp³-hybridized carbons (Fsp3) is 0.735. The van der Waals surface area contributed by atoms with E-state index in [-0.39, 0.29) is 35.0 Å². The lowest BCUT2D eigenvalue weighted by Gasteiger charge is -2.62. The summed E-state index contributed by atoms with van der Waals surface area (Å²) in [6, 6.07) is 8.26. The van der Waals surface area contributed by atoms with Crippen LogP contribution in [0.25, 0.3) is 11.0 Å². The van der Waals surface area contributed by atoms with E-state index in [1.165, 1.54) is 32.6 Å². The van der Waals surface area contributed by atoms with Crippen molar-refractivity contribution in [2.24, 2.45) is 46.3 Å². The van der Waals surface area contributed by atoms with Crippen molar-refractivity contribution in [2.45, 2.75) is 111 Å². The van der Waals surface area contributed by atoms with Crippen LogP contribution in [-0.4, -0.2) is 34.1 Å².